The van der Waals surface area contributed by atoms with Gasteiger partial charge in [0, 0.05) is 11.9 Å². The average molecular weight is 346 g/mol. The largest absolute Gasteiger partial charge is 0.480 e. The average Bonchev–Trinajstić information content (AvgIpc) is 2.61. The van der Waals surface area contributed by atoms with Crippen molar-refractivity contribution in [1.82, 2.24) is 15.0 Å². The monoisotopic (exact) mass is 346 g/mol. The number of halogens is 3. The summed E-state index contributed by atoms with van der Waals surface area (Å²) in [5.41, 5.74) is -0.273. The van der Waals surface area contributed by atoms with Crippen molar-refractivity contribution in [3.05, 3.63) is 60.3 Å². The first kappa shape index (κ1) is 16.7. The van der Waals surface area contributed by atoms with E-state index >= 15 is 0 Å². The SMILES string of the molecule is COc1nc(-c2ccccn2)nc(Nc2ccccc2)c1C(F)(F)F. The van der Waals surface area contributed by atoms with E-state index in [4.69, 9.17) is 4.74 Å². The molecule has 2 aromatic heterocycles. The summed E-state index contributed by atoms with van der Waals surface area (Å²) >= 11 is 0. The van der Waals surface area contributed by atoms with Crippen molar-refractivity contribution in [2.75, 3.05) is 12.4 Å². The number of hydrogen-bond donors (Lipinski definition) is 1. The quantitative estimate of drug-likeness (QED) is 0.763. The summed E-state index contributed by atoms with van der Waals surface area (Å²) in [5, 5.41) is 2.69. The highest BCUT2D eigenvalue weighted by molar-refractivity contribution is 5.65. The second-order valence-electron chi connectivity index (χ2n) is 4.98. The van der Waals surface area contributed by atoms with Crippen LogP contribution in [-0.2, 0) is 6.18 Å². The Morgan fingerprint density at radius 2 is 1.68 bits per heavy atom. The third kappa shape index (κ3) is 3.68. The van der Waals surface area contributed by atoms with Gasteiger partial charge >= 0.3 is 6.18 Å². The maximum atomic E-state index is 13.5. The Kier molecular flexibility index (Phi) is 4.51. The van der Waals surface area contributed by atoms with Crippen LogP contribution in [-0.4, -0.2) is 22.1 Å². The highest BCUT2D eigenvalue weighted by Crippen LogP contribution is 2.41. The normalized spacial score (nSPS) is 11.2. The lowest BCUT2D eigenvalue weighted by molar-refractivity contribution is -0.138. The predicted octanol–water partition coefficient (Wildman–Crippen LogP) is 4.31. The van der Waals surface area contributed by atoms with E-state index in [1.165, 1.54) is 6.20 Å². The Balaban J connectivity index is 2.18. The third-order valence-corrected chi connectivity index (χ3v) is 3.28. The van der Waals surface area contributed by atoms with E-state index in [-0.39, 0.29) is 5.82 Å². The van der Waals surface area contributed by atoms with E-state index in [9.17, 15) is 13.2 Å². The molecule has 2 heterocycles. The van der Waals surface area contributed by atoms with Gasteiger partial charge in [-0.05, 0) is 24.3 Å². The highest BCUT2D eigenvalue weighted by atomic mass is 19.4. The molecule has 0 spiro atoms. The Labute approximate surface area is 141 Å². The molecular formula is C17H13F3N4O. The fourth-order valence-corrected chi connectivity index (χ4v) is 2.20. The number of nitrogens with zero attached hydrogens (tertiary/aromatic N) is 3. The van der Waals surface area contributed by atoms with Gasteiger partial charge in [-0.3, -0.25) is 4.98 Å². The molecule has 1 aromatic carbocycles. The summed E-state index contributed by atoms with van der Waals surface area (Å²) in [6.45, 7) is 0. The predicted molar refractivity (Wildman–Crippen MR) is 86.5 cm³/mol. The lowest BCUT2D eigenvalue weighted by Crippen LogP contribution is -2.14. The smallest absolute Gasteiger partial charge is 0.425 e. The van der Waals surface area contributed by atoms with Crippen LogP contribution in [0.4, 0.5) is 24.7 Å². The van der Waals surface area contributed by atoms with Gasteiger partial charge in [-0.25, -0.2) is 4.98 Å². The molecule has 0 unspecified atom stereocenters. The number of pyridine rings is 1. The van der Waals surface area contributed by atoms with E-state index in [2.05, 4.69) is 20.3 Å². The first-order valence-corrected chi connectivity index (χ1v) is 7.25. The molecule has 0 aliphatic carbocycles. The fraction of sp³-hybridized carbons (Fsp3) is 0.118. The molecule has 3 rings (SSSR count). The lowest BCUT2D eigenvalue weighted by atomic mass is 10.2. The summed E-state index contributed by atoms with van der Waals surface area (Å²) in [6.07, 6.45) is -3.18. The number of ether oxygens (including phenoxy) is 1. The van der Waals surface area contributed by atoms with Gasteiger partial charge in [0.15, 0.2) is 17.2 Å². The van der Waals surface area contributed by atoms with Gasteiger partial charge in [-0.15, -0.1) is 0 Å². The Morgan fingerprint density at radius 3 is 2.28 bits per heavy atom. The molecule has 0 aliphatic heterocycles. The number of hydrogen-bond acceptors (Lipinski definition) is 5. The number of para-hydroxylation sites is 1. The van der Waals surface area contributed by atoms with Crippen molar-refractivity contribution in [1.29, 1.82) is 0 Å². The minimum Gasteiger partial charge on any atom is -0.480 e. The zero-order chi connectivity index (χ0) is 17.9. The minimum atomic E-state index is -4.69. The Morgan fingerprint density at radius 1 is 0.960 bits per heavy atom. The zero-order valence-electron chi connectivity index (χ0n) is 13.1. The van der Waals surface area contributed by atoms with E-state index < -0.39 is 23.4 Å². The van der Waals surface area contributed by atoms with Gasteiger partial charge in [-0.2, -0.15) is 18.2 Å². The van der Waals surface area contributed by atoms with Crippen molar-refractivity contribution >= 4 is 11.5 Å². The summed E-state index contributed by atoms with van der Waals surface area (Å²) in [5.74, 6) is -0.934. The van der Waals surface area contributed by atoms with Crippen LogP contribution in [0.25, 0.3) is 11.5 Å². The number of rotatable bonds is 4. The van der Waals surface area contributed by atoms with Gasteiger partial charge in [0.05, 0.1) is 7.11 Å². The number of alkyl halides is 3. The molecule has 0 amide bonds. The van der Waals surface area contributed by atoms with Crippen molar-refractivity contribution in [3.63, 3.8) is 0 Å². The maximum absolute atomic E-state index is 13.5. The zero-order valence-corrected chi connectivity index (χ0v) is 13.1. The summed E-state index contributed by atoms with van der Waals surface area (Å²) < 4.78 is 45.4. The summed E-state index contributed by atoms with van der Waals surface area (Å²) in [6, 6.07) is 13.4. The molecule has 3 aromatic rings. The molecule has 0 fully saturated rings. The van der Waals surface area contributed by atoms with Crippen molar-refractivity contribution < 1.29 is 17.9 Å². The van der Waals surface area contributed by atoms with Gasteiger partial charge in [0.25, 0.3) is 0 Å². The van der Waals surface area contributed by atoms with Crippen LogP contribution < -0.4 is 10.1 Å². The third-order valence-electron chi connectivity index (χ3n) is 3.28. The van der Waals surface area contributed by atoms with Gasteiger partial charge in [0.1, 0.15) is 5.69 Å². The molecule has 25 heavy (non-hydrogen) atoms. The van der Waals surface area contributed by atoms with Gasteiger partial charge in [0.2, 0.25) is 5.88 Å². The van der Waals surface area contributed by atoms with Crippen LogP contribution in [0.2, 0.25) is 0 Å². The summed E-state index contributed by atoms with van der Waals surface area (Å²) in [4.78, 5) is 12.0. The number of anilines is 2. The van der Waals surface area contributed by atoms with Crippen molar-refractivity contribution in [3.8, 4) is 17.4 Å². The molecule has 1 N–H and O–H groups in total. The molecule has 0 saturated heterocycles. The van der Waals surface area contributed by atoms with Crippen molar-refractivity contribution in [2.24, 2.45) is 0 Å². The highest BCUT2D eigenvalue weighted by Gasteiger charge is 2.40. The molecular weight excluding hydrogens is 333 g/mol. The number of aromatic nitrogens is 3. The molecule has 8 heteroatoms. The lowest BCUT2D eigenvalue weighted by Gasteiger charge is -2.17. The van der Waals surface area contributed by atoms with E-state index in [1.807, 2.05) is 0 Å². The minimum absolute atomic E-state index is 0.0314. The molecule has 5 nitrogen and oxygen atoms in total. The maximum Gasteiger partial charge on any atom is 0.425 e. The van der Waals surface area contributed by atoms with Crippen LogP contribution in [0.15, 0.2) is 54.7 Å². The molecule has 0 bridgehead atoms. The van der Waals surface area contributed by atoms with Crippen LogP contribution in [0.5, 0.6) is 5.88 Å². The Hall–Kier alpha value is -3.16. The molecule has 128 valence electrons. The standard InChI is InChI=1S/C17H13F3N4O/c1-25-16-13(17(18,19)20)15(22-11-7-3-2-4-8-11)23-14(24-16)12-9-5-6-10-21-12/h2-10H,1H3,(H,22,23,24). The topological polar surface area (TPSA) is 59.9 Å². The first-order chi connectivity index (χ1) is 12.0. The molecule has 0 radical (unpaired) electrons. The van der Waals surface area contributed by atoms with E-state index in [0.29, 0.717) is 11.4 Å². The fourth-order valence-electron chi connectivity index (χ4n) is 2.20. The van der Waals surface area contributed by atoms with Crippen LogP contribution in [0.3, 0.4) is 0 Å². The second kappa shape index (κ2) is 6.76. The second-order valence-corrected chi connectivity index (χ2v) is 4.98. The molecule has 0 saturated carbocycles. The molecule has 0 atom stereocenters. The number of nitrogens with one attached hydrogen (secondary N) is 1. The summed E-state index contributed by atoms with van der Waals surface area (Å²) in [7, 11) is 1.13. The van der Waals surface area contributed by atoms with Crippen LogP contribution in [0.1, 0.15) is 5.56 Å². The van der Waals surface area contributed by atoms with Crippen molar-refractivity contribution in [2.45, 2.75) is 6.18 Å². The number of methoxy groups -OCH3 is 1. The van der Waals surface area contributed by atoms with E-state index in [1.54, 1.807) is 48.5 Å². The van der Waals surface area contributed by atoms with Gasteiger partial charge in [-0.1, -0.05) is 24.3 Å². The number of benzene rings is 1. The molecule has 0 aliphatic rings. The van der Waals surface area contributed by atoms with Crippen LogP contribution >= 0.6 is 0 Å². The van der Waals surface area contributed by atoms with Gasteiger partial charge < -0.3 is 10.1 Å². The first-order valence-electron chi connectivity index (χ1n) is 7.25. The van der Waals surface area contributed by atoms with Crippen LogP contribution in [0, 0.1) is 0 Å². The van der Waals surface area contributed by atoms with E-state index in [0.717, 1.165) is 7.11 Å². The Bertz CT molecular complexity index is 855.